The average Bonchev–Trinajstić information content (AvgIpc) is 2.36. The second-order valence-electron chi connectivity index (χ2n) is 3.95. The number of ether oxygens (including phenoxy) is 1. The van der Waals surface area contributed by atoms with Crippen molar-refractivity contribution in [3.8, 4) is 0 Å². The molecule has 1 rings (SSSR count). The number of alkyl halides is 3. The Morgan fingerprint density at radius 1 is 1.47 bits per heavy atom. The number of halogens is 3. The summed E-state index contributed by atoms with van der Waals surface area (Å²) >= 11 is 0. The summed E-state index contributed by atoms with van der Waals surface area (Å²) in [5, 5.41) is 2.19. The molecule has 1 aromatic carbocycles. The summed E-state index contributed by atoms with van der Waals surface area (Å²) < 4.78 is 43.4. The summed E-state index contributed by atoms with van der Waals surface area (Å²) in [7, 11) is 1.30. The normalized spacial score (nSPS) is 13.2. The van der Waals surface area contributed by atoms with E-state index in [0.717, 1.165) is 6.07 Å². The van der Waals surface area contributed by atoms with Gasteiger partial charge in [0.05, 0.1) is 11.3 Å². The Balaban J connectivity index is 3.10. The number of anilines is 1. The lowest BCUT2D eigenvalue weighted by Gasteiger charge is -2.16. The minimum atomic E-state index is -4.57. The number of benzene rings is 1. The Morgan fingerprint density at radius 3 is 2.58 bits per heavy atom. The van der Waals surface area contributed by atoms with E-state index in [0.29, 0.717) is 5.56 Å². The van der Waals surface area contributed by atoms with E-state index >= 15 is 0 Å². The van der Waals surface area contributed by atoms with Gasteiger partial charge in [0.15, 0.2) is 0 Å². The maximum absolute atomic E-state index is 12.9. The van der Waals surface area contributed by atoms with E-state index in [1.807, 2.05) is 0 Å². The van der Waals surface area contributed by atoms with Crippen molar-refractivity contribution in [1.29, 1.82) is 0 Å². The summed E-state index contributed by atoms with van der Waals surface area (Å²) in [6.45, 7) is 1.43. The number of methoxy groups -OCH3 is 1. The fraction of sp³-hybridized carbons (Fsp3) is 0.417. The SMILES string of the molecule is COC(C)C(=O)Nc1ccc(CN)cc1C(F)(F)F. The van der Waals surface area contributed by atoms with Gasteiger partial charge in [-0.15, -0.1) is 0 Å². The molecular formula is C12H15F3N2O2. The maximum Gasteiger partial charge on any atom is 0.418 e. The van der Waals surface area contributed by atoms with Gasteiger partial charge in [0.25, 0.3) is 5.91 Å². The lowest BCUT2D eigenvalue weighted by molar-refractivity contribution is -0.137. The van der Waals surface area contributed by atoms with Gasteiger partial charge in [0, 0.05) is 13.7 Å². The van der Waals surface area contributed by atoms with E-state index in [-0.39, 0.29) is 12.2 Å². The van der Waals surface area contributed by atoms with Crippen LogP contribution in [0.25, 0.3) is 0 Å². The van der Waals surface area contributed by atoms with Crippen LogP contribution in [0.5, 0.6) is 0 Å². The van der Waals surface area contributed by atoms with Gasteiger partial charge in [-0.05, 0) is 24.6 Å². The quantitative estimate of drug-likeness (QED) is 0.885. The van der Waals surface area contributed by atoms with E-state index in [4.69, 9.17) is 10.5 Å². The highest BCUT2D eigenvalue weighted by Crippen LogP contribution is 2.35. The number of nitrogens with one attached hydrogen (secondary N) is 1. The highest BCUT2D eigenvalue weighted by Gasteiger charge is 2.34. The number of hydrogen-bond donors (Lipinski definition) is 2. The molecule has 1 unspecified atom stereocenters. The predicted molar refractivity (Wildman–Crippen MR) is 64.4 cm³/mol. The maximum atomic E-state index is 12.9. The van der Waals surface area contributed by atoms with E-state index in [1.165, 1.54) is 26.2 Å². The largest absolute Gasteiger partial charge is 0.418 e. The van der Waals surface area contributed by atoms with Crippen molar-refractivity contribution >= 4 is 11.6 Å². The van der Waals surface area contributed by atoms with Crippen molar-refractivity contribution in [2.45, 2.75) is 25.7 Å². The van der Waals surface area contributed by atoms with Crippen LogP contribution in [-0.2, 0) is 22.3 Å². The van der Waals surface area contributed by atoms with Crippen LogP contribution >= 0.6 is 0 Å². The molecule has 7 heteroatoms. The van der Waals surface area contributed by atoms with E-state index in [9.17, 15) is 18.0 Å². The van der Waals surface area contributed by atoms with Gasteiger partial charge in [0.1, 0.15) is 6.10 Å². The molecule has 0 aliphatic carbocycles. The monoisotopic (exact) mass is 276 g/mol. The molecule has 1 aromatic rings. The fourth-order valence-corrected chi connectivity index (χ4v) is 1.40. The number of amides is 1. The first-order valence-corrected chi connectivity index (χ1v) is 5.53. The molecule has 3 N–H and O–H groups in total. The van der Waals surface area contributed by atoms with Gasteiger partial charge >= 0.3 is 6.18 Å². The molecule has 0 bridgehead atoms. The molecule has 0 spiro atoms. The van der Waals surface area contributed by atoms with Gasteiger partial charge in [0.2, 0.25) is 0 Å². The zero-order chi connectivity index (χ0) is 14.6. The first-order chi connectivity index (χ1) is 8.79. The van der Waals surface area contributed by atoms with Crippen LogP contribution < -0.4 is 11.1 Å². The van der Waals surface area contributed by atoms with Gasteiger partial charge in [-0.25, -0.2) is 0 Å². The minimum Gasteiger partial charge on any atom is -0.372 e. The van der Waals surface area contributed by atoms with E-state index < -0.39 is 23.8 Å². The molecule has 0 radical (unpaired) electrons. The van der Waals surface area contributed by atoms with Gasteiger partial charge in [-0.2, -0.15) is 13.2 Å². The second-order valence-corrected chi connectivity index (χ2v) is 3.95. The lowest BCUT2D eigenvalue weighted by atomic mass is 10.1. The van der Waals surface area contributed by atoms with E-state index in [1.54, 1.807) is 0 Å². The van der Waals surface area contributed by atoms with Crippen LogP contribution in [0, 0.1) is 0 Å². The zero-order valence-corrected chi connectivity index (χ0v) is 10.5. The van der Waals surface area contributed by atoms with Gasteiger partial charge in [-0.1, -0.05) is 6.07 Å². The lowest BCUT2D eigenvalue weighted by Crippen LogP contribution is -2.27. The molecule has 0 saturated carbocycles. The number of hydrogen-bond acceptors (Lipinski definition) is 3. The summed E-state index contributed by atoms with van der Waals surface area (Å²) in [4.78, 5) is 11.5. The number of carbonyl (C=O) groups is 1. The first-order valence-electron chi connectivity index (χ1n) is 5.53. The Bertz CT molecular complexity index is 461. The van der Waals surface area contributed by atoms with Crippen LogP contribution in [0.3, 0.4) is 0 Å². The predicted octanol–water partition coefficient (Wildman–Crippen LogP) is 2.14. The van der Waals surface area contributed by atoms with Crippen molar-refractivity contribution in [3.63, 3.8) is 0 Å². The molecule has 106 valence electrons. The molecular weight excluding hydrogens is 261 g/mol. The van der Waals surface area contributed by atoms with Crippen molar-refractivity contribution in [1.82, 2.24) is 0 Å². The second kappa shape index (κ2) is 6.03. The summed E-state index contributed by atoms with van der Waals surface area (Å²) in [5.41, 5.74) is 4.42. The minimum absolute atomic E-state index is 0.00815. The van der Waals surface area contributed by atoms with Crippen LogP contribution in [0.1, 0.15) is 18.1 Å². The Labute approximate surface area is 108 Å². The third kappa shape index (κ3) is 3.93. The molecule has 0 saturated heterocycles. The highest BCUT2D eigenvalue weighted by molar-refractivity contribution is 5.94. The third-order valence-electron chi connectivity index (χ3n) is 2.61. The Morgan fingerprint density at radius 2 is 2.11 bits per heavy atom. The molecule has 0 aliphatic rings. The average molecular weight is 276 g/mol. The molecule has 19 heavy (non-hydrogen) atoms. The van der Waals surface area contributed by atoms with Crippen LogP contribution in [0.15, 0.2) is 18.2 Å². The van der Waals surface area contributed by atoms with Crippen molar-refractivity contribution in [2.24, 2.45) is 5.73 Å². The molecule has 1 amide bonds. The number of rotatable bonds is 4. The van der Waals surface area contributed by atoms with Crippen molar-refractivity contribution < 1.29 is 22.7 Å². The van der Waals surface area contributed by atoms with Crippen LogP contribution in [0.4, 0.5) is 18.9 Å². The summed E-state index contributed by atoms with van der Waals surface area (Å²) in [6.07, 6.45) is -5.40. The standard InChI is InChI=1S/C12H15F3N2O2/c1-7(19-2)11(18)17-10-4-3-8(6-16)5-9(10)12(13,14)15/h3-5,7H,6,16H2,1-2H3,(H,17,18). The Hall–Kier alpha value is -1.60. The molecule has 4 nitrogen and oxygen atoms in total. The number of nitrogens with two attached hydrogens (primary N) is 1. The molecule has 0 heterocycles. The smallest absolute Gasteiger partial charge is 0.372 e. The molecule has 1 atom stereocenters. The zero-order valence-electron chi connectivity index (χ0n) is 10.5. The molecule has 0 aromatic heterocycles. The van der Waals surface area contributed by atoms with Crippen LogP contribution in [-0.4, -0.2) is 19.1 Å². The summed E-state index contributed by atoms with van der Waals surface area (Å²) in [6, 6.07) is 3.54. The number of carbonyl (C=O) groups excluding carboxylic acids is 1. The van der Waals surface area contributed by atoms with Crippen molar-refractivity contribution in [3.05, 3.63) is 29.3 Å². The highest BCUT2D eigenvalue weighted by atomic mass is 19.4. The van der Waals surface area contributed by atoms with Crippen molar-refractivity contribution in [2.75, 3.05) is 12.4 Å². The molecule has 0 aliphatic heterocycles. The summed E-state index contributed by atoms with van der Waals surface area (Å²) in [5.74, 6) is -0.645. The first kappa shape index (κ1) is 15.5. The molecule has 0 fully saturated rings. The van der Waals surface area contributed by atoms with Gasteiger partial charge < -0.3 is 15.8 Å². The Kier molecular flexibility index (Phi) is 4.90. The fourth-order valence-electron chi connectivity index (χ4n) is 1.40. The van der Waals surface area contributed by atoms with Gasteiger partial charge in [-0.3, -0.25) is 4.79 Å². The van der Waals surface area contributed by atoms with E-state index in [2.05, 4.69) is 5.32 Å². The van der Waals surface area contributed by atoms with Crippen LogP contribution in [0.2, 0.25) is 0 Å². The third-order valence-corrected chi connectivity index (χ3v) is 2.61. The topological polar surface area (TPSA) is 64.3 Å².